The molecule has 0 bridgehead atoms. The number of carbonyl (C=O) groups is 1. The normalized spacial score (nSPS) is 25.8. The summed E-state index contributed by atoms with van der Waals surface area (Å²) in [6.45, 7) is 2.09. The van der Waals surface area contributed by atoms with Crippen LogP contribution in [0.2, 0.25) is 0 Å². The fraction of sp³-hybridized carbons (Fsp3) is 0.538. The van der Waals surface area contributed by atoms with Crippen LogP contribution in [0, 0.1) is 5.92 Å². The van der Waals surface area contributed by atoms with Gasteiger partial charge in [-0.3, -0.25) is 9.78 Å². The zero-order chi connectivity index (χ0) is 11.0. The number of piperidine rings is 1. The van der Waals surface area contributed by atoms with E-state index in [-0.39, 0.29) is 5.92 Å². The highest BCUT2D eigenvalue weighted by atomic mass is 16.1. The van der Waals surface area contributed by atoms with E-state index in [4.69, 9.17) is 0 Å². The standard InChI is InChI=1S/C13H16N2O/c16-12-8-11-10(2-1-5-15-11)13(12)9-3-6-14-7-4-9/h1-2,5,9,13-14H,3-4,6-8H2. The second-order valence-corrected chi connectivity index (χ2v) is 4.75. The molecule has 1 aliphatic carbocycles. The Morgan fingerprint density at radius 1 is 1.31 bits per heavy atom. The second kappa shape index (κ2) is 3.98. The van der Waals surface area contributed by atoms with Crippen LogP contribution in [0.1, 0.15) is 30.0 Å². The van der Waals surface area contributed by atoms with Crippen molar-refractivity contribution in [3.05, 3.63) is 29.6 Å². The van der Waals surface area contributed by atoms with Crippen LogP contribution in [-0.4, -0.2) is 23.9 Å². The van der Waals surface area contributed by atoms with Gasteiger partial charge in [0.1, 0.15) is 5.78 Å². The van der Waals surface area contributed by atoms with Gasteiger partial charge in [-0.1, -0.05) is 6.07 Å². The zero-order valence-corrected chi connectivity index (χ0v) is 9.28. The largest absolute Gasteiger partial charge is 0.317 e. The van der Waals surface area contributed by atoms with Crippen LogP contribution in [0.5, 0.6) is 0 Å². The molecule has 1 unspecified atom stereocenters. The summed E-state index contributed by atoms with van der Waals surface area (Å²) in [5, 5.41) is 3.35. The minimum atomic E-state index is 0.130. The number of Topliss-reactive ketones (excluding diaryl/α,β-unsaturated/α-hetero) is 1. The molecule has 1 saturated heterocycles. The highest BCUT2D eigenvalue weighted by Gasteiger charge is 2.37. The second-order valence-electron chi connectivity index (χ2n) is 4.75. The van der Waals surface area contributed by atoms with Gasteiger partial charge in [-0.15, -0.1) is 0 Å². The number of ketones is 1. The number of hydrogen-bond donors (Lipinski definition) is 1. The molecule has 1 N–H and O–H groups in total. The summed E-state index contributed by atoms with van der Waals surface area (Å²) in [5.74, 6) is 1.03. The number of pyridine rings is 1. The molecule has 0 spiro atoms. The average Bonchev–Trinajstić information content (AvgIpc) is 2.66. The predicted molar refractivity (Wildman–Crippen MR) is 61.3 cm³/mol. The molecule has 16 heavy (non-hydrogen) atoms. The summed E-state index contributed by atoms with van der Waals surface area (Å²) in [6, 6.07) is 4.03. The Bertz CT molecular complexity index is 410. The third kappa shape index (κ3) is 1.55. The van der Waals surface area contributed by atoms with Crippen LogP contribution in [0.25, 0.3) is 0 Å². The smallest absolute Gasteiger partial charge is 0.146 e. The van der Waals surface area contributed by atoms with Crippen molar-refractivity contribution in [1.29, 1.82) is 0 Å². The fourth-order valence-electron chi connectivity index (χ4n) is 3.02. The van der Waals surface area contributed by atoms with E-state index in [9.17, 15) is 4.79 Å². The van der Waals surface area contributed by atoms with Gasteiger partial charge in [-0.2, -0.15) is 0 Å². The number of fused-ring (bicyclic) bond motifs is 1. The first-order chi connectivity index (χ1) is 7.86. The summed E-state index contributed by atoms with van der Waals surface area (Å²) in [7, 11) is 0. The van der Waals surface area contributed by atoms with Crippen molar-refractivity contribution in [2.24, 2.45) is 5.92 Å². The molecule has 1 aromatic heterocycles. The van der Waals surface area contributed by atoms with Crippen LogP contribution in [0.4, 0.5) is 0 Å². The van der Waals surface area contributed by atoms with Gasteiger partial charge in [0.2, 0.25) is 0 Å². The minimum Gasteiger partial charge on any atom is -0.317 e. The first-order valence-electron chi connectivity index (χ1n) is 6.03. The summed E-state index contributed by atoms with van der Waals surface area (Å²) >= 11 is 0. The van der Waals surface area contributed by atoms with Crippen LogP contribution in [0.3, 0.4) is 0 Å². The van der Waals surface area contributed by atoms with E-state index >= 15 is 0 Å². The Morgan fingerprint density at radius 2 is 2.12 bits per heavy atom. The molecule has 1 fully saturated rings. The van der Waals surface area contributed by atoms with Crippen LogP contribution in [-0.2, 0) is 11.2 Å². The molecule has 84 valence electrons. The summed E-state index contributed by atoms with van der Waals surface area (Å²) in [5.41, 5.74) is 2.20. The van der Waals surface area contributed by atoms with Crippen molar-refractivity contribution in [2.45, 2.75) is 25.2 Å². The third-order valence-electron chi connectivity index (χ3n) is 3.80. The first kappa shape index (κ1) is 9.97. The van der Waals surface area contributed by atoms with Crippen molar-refractivity contribution in [3.63, 3.8) is 0 Å². The van der Waals surface area contributed by atoms with Crippen molar-refractivity contribution < 1.29 is 4.79 Å². The number of hydrogen-bond acceptors (Lipinski definition) is 3. The van der Waals surface area contributed by atoms with Gasteiger partial charge in [0.25, 0.3) is 0 Å². The molecule has 0 radical (unpaired) electrons. The molecule has 0 amide bonds. The SMILES string of the molecule is O=C1Cc2ncccc2C1C1CCNCC1. The number of carbonyl (C=O) groups excluding carboxylic acids is 1. The molecule has 3 heteroatoms. The van der Waals surface area contributed by atoms with Gasteiger partial charge in [-0.05, 0) is 43.5 Å². The van der Waals surface area contributed by atoms with Gasteiger partial charge in [0.05, 0.1) is 5.69 Å². The maximum absolute atomic E-state index is 12.1. The summed E-state index contributed by atoms with van der Waals surface area (Å²) in [6.07, 6.45) is 4.57. The maximum atomic E-state index is 12.1. The highest BCUT2D eigenvalue weighted by molar-refractivity contribution is 5.92. The lowest BCUT2D eigenvalue weighted by atomic mass is 9.81. The lowest BCUT2D eigenvalue weighted by molar-refractivity contribution is -0.120. The minimum absolute atomic E-state index is 0.130. The van der Waals surface area contributed by atoms with E-state index in [1.54, 1.807) is 6.20 Å². The molecular weight excluding hydrogens is 200 g/mol. The number of aromatic nitrogens is 1. The Kier molecular flexibility index (Phi) is 2.48. The highest BCUT2D eigenvalue weighted by Crippen LogP contribution is 2.38. The molecule has 1 atom stereocenters. The number of nitrogens with zero attached hydrogens (tertiary/aromatic N) is 1. The average molecular weight is 216 g/mol. The lowest BCUT2D eigenvalue weighted by Gasteiger charge is -2.27. The van der Waals surface area contributed by atoms with Gasteiger partial charge >= 0.3 is 0 Å². The third-order valence-corrected chi connectivity index (χ3v) is 3.80. The fourth-order valence-corrected chi connectivity index (χ4v) is 3.02. The van der Waals surface area contributed by atoms with E-state index in [1.165, 1.54) is 5.56 Å². The molecule has 3 nitrogen and oxygen atoms in total. The Balaban J connectivity index is 1.92. The number of rotatable bonds is 1. The zero-order valence-electron chi connectivity index (χ0n) is 9.28. The molecule has 0 saturated carbocycles. The van der Waals surface area contributed by atoms with Crippen LogP contribution in [0.15, 0.2) is 18.3 Å². The maximum Gasteiger partial charge on any atom is 0.146 e. The summed E-state index contributed by atoms with van der Waals surface area (Å²) < 4.78 is 0. The Hall–Kier alpha value is -1.22. The van der Waals surface area contributed by atoms with Crippen LogP contribution < -0.4 is 5.32 Å². The van der Waals surface area contributed by atoms with E-state index in [0.717, 1.165) is 31.6 Å². The number of nitrogens with one attached hydrogen (secondary N) is 1. The van der Waals surface area contributed by atoms with E-state index in [1.807, 2.05) is 6.07 Å². The summed E-state index contributed by atoms with van der Waals surface area (Å²) in [4.78, 5) is 16.4. The molecule has 3 rings (SSSR count). The van der Waals surface area contributed by atoms with E-state index in [0.29, 0.717) is 18.1 Å². The molecule has 2 heterocycles. The van der Waals surface area contributed by atoms with Crippen molar-refractivity contribution in [1.82, 2.24) is 10.3 Å². The lowest BCUT2D eigenvalue weighted by Crippen LogP contribution is -2.32. The predicted octanol–water partition coefficient (Wildman–Crippen LogP) is 1.29. The van der Waals surface area contributed by atoms with E-state index in [2.05, 4.69) is 16.4 Å². The molecule has 0 aromatic carbocycles. The monoisotopic (exact) mass is 216 g/mol. The topological polar surface area (TPSA) is 42.0 Å². The van der Waals surface area contributed by atoms with Crippen molar-refractivity contribution >= 4 is 5.78 Å². The Morgan fingerprint density at radius 3 is 2.94 bits per heavy atom. The molecule has 2 aliphatic rings. The first-order valence-corrected chi connectivity index (χ1v) is 6.03. The quantitative estimate of drug-likeness (QED) is 0.769. The van der Waals surface area contributed by atoms with Gasteiger partial charge in [0, 0.05) is 18.5 Å². The molecule has 1 aromatic rings. The molecule has 1 aliphatic heterocycles. The van der Waals surface area contributed by atoms with Gasteiger partial charge in [-0.25, -0.2) is 0 Å². The molecular formula is C13H16N2O. The van der Waals surface area contributed by atoms with Crippen LogP contribution >= 0.6 is 0 Å². The van der Waals surface area contributed by atoms with E-state index < -0.39 is 0 Å². The van der Waals surface area contributed by atoms with Crippen molar-refractivity contribution in [3.8, 4) is 0 Å². The van der Waals surface area contributed by atoms with Crippen molar-refractivity contribution in [2.75, 3.05) is 13.1 Å². The Labute approximate surface area is 95.3 Å². The van der Waals surface area contributed by atoms with Gasteiger partial charge < -0.3 is 5.32 Å². The van der Waals surface area contributed by atoms with Gasteiger partial charge in [0.15, 0.2) is 0 Å².